The molecule has 0 amide bonds. The van der Waals surface area contributed by atoms with E-state index in [4.69, 9.17) is 0 Å². The first-order valence-corrected chi connectivity index (χ1v) is 9.03. The Labute approximate surface area is 166 Å². The third-order valence-corrected chi connectivity index (χ3v) is 4.99. The summed E-state index contributed by atoms with van der Waals surface area (Å²) in [5, 5.41) is 7.39. The van der Waals surface area contributed by atoms with Gasteiger partial charge < -0.3 is 10.3 Å². The number of hydrogen-bond donors (Lipinski definition) is 3. The highest BCUT2D eigenvalue weighted by Gasteiger charge is 2.37. The lowest BCUT2D eigenvalue weighted by Gasteiger charge is -2.25. The Balaban J connectivity index is 1.61. The normalized spacial score (nSPS) is 14.3. The van der Waals surface area contributed by atoms with Gasteiger partial charge in [-0.3, -0.25) is 0 Å². The molecule has 0 radical (unpaired) electrons. The molecule has 0 aliphatic carbocycles. The number of halogens is 3. The van der Waals surface area contributed by atoms with Gasteiger partial charge in [-0.25, -0.2) is 9.89 Å². The van der Waals surface area contributed by atoms with Crippen LogP contribution in [0, 0.1) is 6.92 Å². The molecule has 0 spiro atoms. The standard InChI is InChI=1S/C22H20F3N4/c1-13-8-9-17(22(23,24)25)15(10-13)11-27-20-14(2)29(3)21(20)28-19-12-26-18-7-5-4-6-16(18)19/h4-10,12,26-28H,2-3,11H2,1H3/q+1. The number of rotatable bonds is 5. The van der Waals surface area contributed by atoms with Crippen LogP contribution in [0.2, 0.25) is 0 Å². The lowest BCUT2D eigenvalue weighted by atomic mass is 10.0. The van der Waals surface area contributed by atoms with Gasteiger partial charge in [0, 0.05) is 23.6 Å². The zero-order valence-electron chi connectivity index (χ0n) is 15.8. The van der Waals surface area contributed by atoms with Crippen molar-refractivity contribution in [2.75, 3.05) is 5.32 Å². The average molecular weight is 397 g/mol. The third-order valence-electron chi connectivity index (χ3n) is 4.99. The molecule has 2 heterocycles. The van der Waals surface area contributed by atoms with Crippen LogP contribution < -0.4 is 10.6 Å². The molecule has 0 bridgehead atoms. The fraction of sp³-hybridized carbons (Fsp3) is 0.136. The summed E-state index contributed by atoms with van der Waals surface area (Å²) >= 11 is 0. The van der Waals surface area contributed by atoms with E-state index in [9.17, 15) is 13.2 Å². The topological polar surface area (TPSA) is 42.9 Å². The van der Waals surface area contributed by atoms with Crippen molar-refractivity contribution in [3.8, 4) is 0 Å². The molecule has 148 valence electrons. The largest absolute Gasteiger partial charge is 0.416 e. The maximum Gasteiger partial charge on any atom is 0.416 e. The van der Waals surface area contributed by atoms with Gasteiger partial charge in [-0.05, 0) is 37.3 Å². The second-order valence-corrected chi connectivity index (χ2v) is 6.98. The molecule has 4 rings (SSSR count). The molecule has 3 N–H and O–H groups in total. The number of aromatic nitrogens is 1. The quantitative estimate of drug-likeness (QED) is 0.524. The molecule has 3 aromatic rings. The van der Waals surface area contributed by atoms with E-state index >= 15 is 0 Å². The number of aryl methyl sites for hydroxylation is 1. The zero-order chi connectivity index (χ0) is 20.8. The molecule has 0 saturated heterocycles. The van der Waals surface area contributed by atoms with Gasteiger partial charge in [0.15, 0.2) is 17.1 Å². The molecule has 0 saturated carbocycles. The minimum absolute atomic E-state index is 0.0256. The predicted molar refractivity (Wildman–Crippen MR) is 108 cm³/mol. The molecule has 2 aromatic carbocycles. The summed E-state index contributed by atoms with van der Waals surface area (Å²) in [6, 6.07) is 12.0. The number of nitrogens with one attached hydrogen (secondary N) is 3. The Morgan fingerprint density at radius 2 is 1.90 bits per heavy atom. The summed E-state index contributed by atoms with van der Waals surface area (Å²) in [7, 11) is 0. The molecule has 29 heavy (non-hydrogen) atoms. The van der Waals surface area contributed by atoms with Crippen molar-refractivity contribution in [2.24, 2.45) is 0 Å². The number of fused-ring (bicyclic) bond motifs is 1. The molecule has 0 fully saturated rings. The van der Waals surface area contributed by atoms with Crippen molar-refractivity contribution in [3.63, 3.8) is 0 Å². The first-order valence-electron chi connectivity index (χ1n) is 9.03. The number of benzene rings is 2. The summed E-state index contributed by atoms with van der Waals surface area (Å²) in [5.41, 5.74) is 3.39. The summed E-state index contributed by atoms with van der Waals surface area (Å²) in [4.78, 5) is 3.18. The highest BCUT2D eigenvalue weighted by Crippen LogP contribution is 2.34. The first kappa shape index (κ1) is 18.9. The van der Waals surface area contributed by atoms with Crippen molar-refractivity contribution in [2.45, 2.75) is 19.6 Å². The Kier molecular flexibility index (Phi) is 4.45. The van der Waals surface area contributed by atoms with Crippen LogP contribution in [0.4, 0.5) is 18.9 Å². The van der Waals surface area contributed by atoms with E-state index in [-0.39, 0.29) is 12.1 Å². The van der Waals surface area contributed by atoms with E-state index in [1.807, 2.05) is 30.5 Å². The number of alkyl halides is 3. The van der Waals surface area contributed by atoms with E-state index in [0.29, 0.717) is 17.2 Å². The van der Waals surface area contributed by atoms with Crippen LogP contribution in [0.1, 0.15) is 16.7 Å². The van der Waals surface area contributed by atoms with Crippen LogP contribution in [-0.2, 0) is 12.7 Å². The van der Waals surface area contributed by atoms with Crippen LogP contribution in [0.3, 0.4) is 0 Å². The van der Waals surface area contributed by atoms with E-state index in [1.165, 1.54) is 6.07 Å². The Morgan fingerprint density at radius 3 is 2.66 bits per heavy atom. The third kappa shape index (κ3) is 3.40. The average Bonchev–Trinajstić information content (AvgIpc) is 3.09. The predicted octanol–water partition coefficient (Wildman–Crippen LogP) is 5.11. The van der Waals surface area contributed by atoms with E-state index in [2.05, 4.69) is 28.9 Å². The maximum absolute atomic E-state index is 13.3. The minimum atomic E-state index is -4.40. The molecule has 1 aliphatic heterocycles. The summed E-state index contributed by atoms with van der Waals surface area (Å²) in [6.07, 6.45) is -2.56. The minimum Gasteiger partial charge on any atom is -0.371 e. The van der Waals surface area contributed by atoms with Crippen molar-refractivity contribution in [1.82, 2.24) is 10.3 Å². The van der Waals surface area contributed by atoms with Crippen molar-refractivity contribution in [1.29, 1.82) is 0 Å². The summed E-state index contributed by atoms with van der Waals surface area (Å²) in [6.45, 7) is 9.66. The van der Waals surface area contributed by atoms with Crippen LogP contribution >= 0.6 is 0 Å². The molecular formula is C22H20F3N4+. The number of H-pyrrole nitrogens is 1. The van der Waals surface area contributed by atoms with Crippen molar-refractivity contribution >= 4 is 23.3 Å². The van der Waals surface area contributed by atoms with Crippen LogP contribution in [-0.4, -0.2) is 16.3 Å². The zero-order valence-corrected chi connectivity index (χ0v) is 15.8. The monoisotopic (exact) mass is 397 g/mol. The highest BCUT2D eigenvalue weighted by atomic mass is 19.4. The summed E-state index contributed by atoms with van der Waals surface area (Å²) in [5.74, 6) is 0.654. The number of nitrogens with zero attached hydrogens (tertiary/aromatic N) is 1. The van der Waals surface area contributed by atoms with Gasteiger partial charge in [0.1, 0.15) is 0 Å². The molecular weight excluding hydrogens is 377 g/mol. The van der Waals surface area contributed by atoms with Gasteiger partial charge in [-0.15, -0.1) is 0 Å². The Bertz CT molecular complexity index is 1170. The molecule has 1 aromatic heterocycles. The first-order chi connectivity index (χ1) is 13.8. The van der Waals surface area contributed by atoms with Crippen molar-refractivity contribution < 1.29 is 17.7 Å². The van der Waals surface area contributed by atoms with Crippen LogP contribution in [0.15, 0.2) is 72.5 Å². The fourth-order valence-corrected chi connectivity index (χ4v) is 3.44. The molecule has 7 heteroatoms. The molecule has 4 nitrogen and oxygen atoms in total. The second-order valence-electron chi connectivity index (χ2n) is 6.98. The number of hydrogen-bond acceptors (Lipinski definition) is 2. The van der Waals surface area contributed by atoms with Gasteiger partial charge in [-0.2, -0.15) is 13.2 Å². The number of aromatic amines is 1. The van der Waals surface area contributed by atoms with Crippen LogP contribution in [0.25, 0.3) is 10.9 Å². The fourth-order valence-electron chi connectivity index (χ4n) is 3.44. The number of anilines is 1. The van der Waals surface area contributed by atoms with Gasteiger partial charge in [-0.1, -0.05) is 29.8 Å². The lowest BCUT2D eigenvalue weighted by molar-refractivity contribution is -0.435. The second kappa shape index (κ2) is 6.84. The molecule has 1 aliphatic rings. The van der Waals surface area contributed by atoms with E-state index in [0.717, 1.165) is 28.2 Å². The highest BCUT2D eigenvalue weighted by molar-refractivity contribution is 5.92. The number of para-hydroxylation sites is 1. The maximum atomic E-state index is 13.3. The van der Waals surface area contributed by atoms with Gasteiger partial charge in [0.05, 0.1) is 12.3 Å². The lowest BCUT2D eigenvalue weighted by Crippen LogP contribution is -2.36. The van der Waals surface area contributed by atoms with E-state index < -0.39 is 11.7 Å². The van der Waals surface area contributed by atoms with Crippen molar-refractivity contribution in [3.05, 3.63) is 89.1 Å². The van der Waals surface area contributed by atoms with Gasteiger partial charge >= 0.3 is 12.0 Å². The Morgan fingerprint density at radius 1 is 1.14 bits per heavy atom. The SMILES string of the molecule is C=C1C(NCc2cc(C)ccc2C(F)(F)F)=C(Nc2c[nH]c3ccccc23)[N+]1=C. The smallest absolute Gasteiger partial charge is 0.371 e. The van der Waals surface area contributed by atoms with Gasteiger partial charge in [0.2, 0.25) is 0 Å². The van der Waals surface area contributed by atoms with Crippen LogP contribution in [0.5, 0.6) is 0 Å². The molecule has 0 atom stereocenters. The Hall–Kier alpha value is -3.48. The summed E-state index contributed by atoms with van der Waals surface area (Å²) < 4.78 is 41.6. The van der Waals surface area contributed by atoms with E-state index in [1.54, 1.807) is 17.6 Å². The molecule has 0 unspecified atom stereocenters. The van der Waals surface area contributed by atoms with Gasteiger partial charge in [0.25, 0.3) is 0 Å².